The lowest BCUT2D eigenvalue weighted by Crippen LogP contribution is -2.53. The molecule has 22 heavy (non-hydrogen) atoms. The van der Waals surface area contributed by atoms with Gasteiger partial charge in [-0.15, -0.1) is 0 Å². The van der Waals surface area contributed by atoms with Crippen LogP contribution in [0.25, 0.3) is 0 Å². The molecule has 0 aliphatic carbocycles. The van der Waals surface area contributed by atoms with Crippen molar-refractivity contribution < 1.29 is 33.4 Å². The first kappa shape index (κ1) is 16.3. The number of nitrogens with zero attached hydrogens (tertiary/aromatic N) is 1. The zero-order valence-corrected chi connectivity index (χ0v) is 12.7. The summed E-state index contributed by atoms with van der Waals surface area (Å²) in [6.45, 7) is 3.88. The minimum Gasteiger partial charge on any atom is -0.460 e. The summed E-state index contributed by atoms with van der Waals surface area (Å²) in [6.07, 6.45) is -1.60. The number of ether oxygens (including phenoxy) is 3. The highest BCUT2D eigenvalue weighted by molar-refractivity contribution is 5.79. The molecule has 0 aromatic heterocycles. The Morgan fingerprint density at radius 1 is 0.955 bits per heavy atom. The molecule has 2 fully saturated rings. The summed E-state index contributed by atoms with van der Waals surface area (Å²) in [7, 11) is 0. The predicted octanol–water partition coefficient (Wildman–Crippen LogP) is -0.214. The summed E-state index contributed by atoms with van der Waals surface area (Å²) in [4.78, 5) is 47.4. The Bertz CT molecular complexity index is 503. The molecule has 122 valence electrons. The molecular weight excluding hydrogens is 294 g/mol. The number of rotatable bonds is 3. The molecule has 0 aromatic carbocycles. The topological polar surface area (TPSA) is 99.2 Å². The maximum absolute atomic E-state index is 12.1. The Morgan fingerprint density at radius 2 is 1.50 bits per heavy atom. The number of hydrogen-bond acceptors (Lipinski definition) is 7. The SMILES string of the molecule is CC(=O)OC1CN2C(=O)CC[C@@H](OC(C)=O)[C@@H]2C1OC(C)=O. The third kappa shape index (κ3) is 3.37. The van der Waals surface area contributed by atoms with E-state index in [4.69, 9.17) is 14.2 Å². The fraction of sp³-hybridized carbons (Fsp3) is 0.714. The predicted molar refractivity (Wildman–Crippen MR) is 71.4 cm³/mol. The van der Waals surface area contributed by atoms with Gasteiger partial charge in [0.05, 0.1) is 6.54 Å². The Hall–Kier alpha value is -2.12. The molecule has 2 heterocycles. The average molecular weight is 313 g/mol. The first-order valence-corrected chi connectivity index (χ1v) is 7.10. The second-order valence-electron chi connectivity index (χ2n) is 5.45. The zero-order chi connectivity index (χ0) is 16.4. The lowest BCUT2D eigenvalue weighted by atomic mass is 9.96. The van der Waals surface area contributed by atoms with Gasteiger partial charge in [-0.2, -0.15) is 0 Å². The number of carbonyl (C=O) groups excluding carboxylic acids is 4. The largest absolute Gasteiger partial charge is 0.460 e. The van der Waals surface area contributed by atoms with Crippen molar-refractivity contribution >= 4 is 23.8 Å². The van der Waals surface area contributed by atoms with Crippen LogP contribution in [0, 0.1) is 0 Å². The van der Waals surface area contributed by atoms with E-state index in [-0.39, 0.29) is 18.9 Å². The number of carbonyl (C=O) groups is 4. The fourth-order valence-electron chi connectivity index (χ4n) is 3.07. The van der Waals surface area contributed by atoms with Crippen molar-refractivity contribution in [3.05, 3.63) is 0 Å². The molecule has 2 saturated heterocycles. The minimum absolute atomic E-state index is 0.124. The van der Waals surface area contributed by atoms with Crippen LogP contribution in [0.2, 0.25) is 0 Å². The van der Waals surface area contributed by atoms with Crippen molar-refractivity contribution in [2.45, 2.75) is 58.0 Å². The van der Waals surface area contributed by atoms with Crippen molar-refractivity contribution in [3.8, 4) is 0 Å². The summed E-state index contributed by atoms with van der Waals surface area (Å²) in [5, 5.41) is 0. The van der Waals surface area contributed by atoms with Crippen LogP contribution in [-0.4, -0.2) is 59.6 Å². The van der Waals surface area contributed by atoms with Gasteiger partial charge in [-0.25, -0.2) is 0 Å². The summed E-state index contributed by atoms with van der Waals surface area (Å²) in [6, 6.07) is -0.626. The third-order valence-electron chi connectivity index (χ3n) is 3.72. The van der Waals surface area contributed by atoms with E-state index in [1.165, 1.54) is 25.7 Å². The molecule has 0 aromatic rings. The molecule has 0 spiro atoms. The van der Waals surface area contributed by atoms with Gasteiger partial charge in [-0.1, -0.05) is 0 Å². The summed E-state index contributed by atoms with van der Waals surface area (Å²) >= 11 is 0. The van der Waals surface area contributed by atoms with Crippen LogP contribution in [0.4, 0.5) is 0 Å². The van der Waals surface area contributed by atoms with E-state index in [0.29, 0.717) is 6.42 Å². The van der Waals surface area contributed by atoms with E-state index in [1.54, 1.807) is 0 Å². The molecular formula is C14H19NO7. The average Bonchev–Trinajstić information content (AvgIpc) is 2.71. The zero-order valence-electron chi connectivity index (χ0n) is 12.7. The first-order valence-electron chi connectivity index (χ1n) is 7.10. The van der Waals surface area contributed by atoms with Gasteiger partial charge >= 0.3 is 17.9 Å². The van der Waals surface area contributed by atoms with Crippen molar-refractivity contribution in [3.63, 3.8) is 0 Å². The van der Waals surface area contributed by atoms with Crippen molar-refractivity contribution in [2.75, 3.05) is 6.54 Å². The second-order valence-corrected chi connectivity index (χ2v) is 5.45. The Labute approximate surface area is 127 Å². The van der Waals surface area contributed by atoms with Gasteiger partial charge < -0.3 is 19.1 Å². The Balaban J connectivity index is 2.28. The molecule has 0 N–H and O–H groups in total. The molecule has 1 amide bonds. The molecule has 0 bridgehead atoms. The van der Waals surface area contributed by atoms with Gasteiger partial charge in [0.2, 0.25) is 5.91 Å². The van der Waals surface area contributed by atoms with Gasteiger partial charge in [-0.3, -0.25) is 19.2 Å². The molecule has 8 heteroatoms. The first-order chi connectivity index (χ1) is 10.3. The number of fused-ring (bicyclic) bond motifs is 1. The Morgan fingerprint density at radius 3 is 2.05 bits per heavy atom. The molecule has 2 aliphatic heterocycles. The van der Waals surface area contributed by atoms with E-state index >= 15 is 0 Å². The summed E-state index contributed by atoms with van der Waals surface area (Å²) in [5.74, 6) is -1.70. The molecule has 2 rings (SSSR count). The Kier molecular flexibility index (Phi) is 4.68. The lowest BCUT2D eigenvalue weighted by molar-refractivity contribution is -0.171. The number of piperidine rings is 1. The molecule has 8 nitrogen and oxygen atoms in total. The van der Waals surface area contributed by atoms with E-state index in [0.717, 1.165) is 0 Å². The maximum atomic E-state index is 12.1. The second kappa shape index (κ2) is 6.33. The highest BCUT2D eigenvalue weighted by Gasteiger charge is 2.54. The normalized spacial score (nSPS) is 30.5. The fourth-order valence-corrected chi connectivity index (χ4v) is 3.07. The standard InChI is InChI=1S/C14H19NO7/c1-7(16)20-10-4-5-12(19)15-6-11(21-8(2)17)14(13(10)15)22-9(3)18/h10-11,13-14H,4-6H2,1-3H3/t10-,11?,13-,14?/m1/s1. The third-order valence-corrected chi connectivity index (χ3v) is 3.72. The van der Waals surface area contributed by atoms with Crippen LogP contribution in [0.5, 0.6) is 0 Å². The van der Waals surface area contributed by atoms with Crippen molar-refractivity contribution in [1.82, 2.24) is 4.90 Å². The lowest BCUT2D eigenvalue weighted by Gasteiger charge is -2.37. The molecule has 4 atom stereocenters. The minimum atomic E-state index is -0.838. The molecule has 0 radical (unpaired) electrons. The van der Waals surface area contributed by atoms with Crippen LogP contribution < -0.4 is 0 Å². The molecule has 2 unspecified atom stereocenters. The monoisotopic (exact) mass is 313 g/mol. The summed E-state index contributed by atoms with van der Waals surface area (Å²) < 4.78 is 15.7. The van der Waals surface area contributed by atoms with Crippen LogP contribution in [0.3, 0.4) is 0 Å². The van der Waals surface area contributed by atoms with E-state index < -0.39 is 42.3 Å². The van der Waals surface area contributed by atoms with Gasteiger partial charge in [0.25, 0.3) is 0 Å². The maximum Gasteiger partial charge on any atom is 0.303 e. The van der Waals surface area contributed by atoms with Crippen LogP contribution in [0.15, 0.2) is 0 Å². The van der Waals surface area contributed by atoms with Crippen LogP contribution in [-0.2, 0) is 33.4 Å². The van der Waals surface area contributed by atoms with E-state index in [1.807, 2.05) is 0 Å². The smallest absolute Gasteiger partial charge is 0.303 e. The number of amides is 1. The quantitative estimate of drug-likeness (QED) is 0.525. The molecule has 0 saturated carbocycles. The summed E-state index contributed by atoms with van der Waals surface area (Å²) in [5.41, 5.74) is 0. The van der Waals surface area contributed by atoms with Gasteiger partial charge in [0.1, 0.15) is 12.1 Å². The van der Waals surface area contributed by atoms with E-state index in [9.17, 15) is 19.2 Å². The highest BCUT2D eigenvalue weighted by Crippen LogP contribution is 2.34. The van der Waals surface area contributed by atoms with Gasteiger partial charge in [-0.05, 0) is 6.42 Å². The molecule has 2 aliphatic rings. The number of hydrogen-bond donors (Lipinski definition) is 0. The van der Waals surface area contributed by atoms with Crippen LogP contribution in [0.1, 0.15) is 33.6 Å². The highest BCUT2D eigenvalue weighted by atomic mass is 16.6. The van der Waals surface area contributed by atoms with Gasteiger partial charge in [0.15, 0.2) is 12.2 Å². The van der Waals surface area contributed by atoms with Crippen molar-refractivity contribution in [2.24, 2.45) is 0 Å². The van der Waals surface area contributed by atoms with Crippen LogP contribution >= 0.6 is 0 Å². The van der Waals surface area contributed by atoms with E-state index in [2.05, 4.69) is 0 Å². The number of esters is 3. The van der Waals surface area contributed by atoms with Crippen molar-refractivity contribution in [1.29, 1.82) is 0 Å². The van der Waals surface area contributed by atoms with Gasteiger partial charge in [0, 0.05) is 27.2 Å².